The molecule has 1 aromatic carbocycles. The van der Waals surface area contributed by atoms with Crippen molar-refractivity contribution >= 4 is 21.0 Å². The summed E-state index contributed by atoms with van der Waals surface area (Å²) in [5.74, 6) is 0.899. The number of rotatable bonds is 9. The van der Waals surface area contributed by atoms with Crippen LogP contribution < -0.4 is 4.74 Å². The third kappa shape index (κ3) is 4.53. The van der Waals surface area contributed by atoms with Gasteiger partial charge in [0.1, 0.15) is 18.6 Å². The molecule has 3 aliphatic heterocycles. The van der Waals surface area contributed by atoms with E-state index in [9.17, 15) is 8.42 Å². The van der Waals surface area contributed by atoms with Crippen LogP contribution in [0, 0.1) is 11.8 Å². The topological polar surface area (TPSA) is 87.2 Å². The fraction of sp³-hybridized carbons (Fsp3) is 0.522. The Labute approximate surface area is 189 Å². The van der Waals surface area contributed by atoms with Crippen LogP contribution in [0.2, 0.25) is 0 Å². The molecular formula is C23H30N2O6S. The summed E-state index contributed by atoms with van der Waals surface area (Å²) in [5, 5.41) is 0.883. The van der Waals surface area contributed by atoms with Crippen LogP contribution in [-0.4, -0.2) is 70.8 Å². The largest absolute Gasteiger partial charge is 0.497 e. The van der Waals surface area contributed by atoms with Gasteiger partial charge >= 0.3 is 0 Å². The lowest BCUT2D eigenvalue weighted by Gasteiger charge is -2.55. The highest BCUT2D eigenvalue weighted by atomic mass is 32.2. The van der Waals surface area contributed by atoms with Crippen LogP contribution in [0.5, 0.6) is 5.75 Å². The van der Waals surface area contributed by atoms with Crippen LogP contribution in [0.25, 0.3) is 10.9 Å². The highest BCUT2D eigenvalue weighted by molar-refractivity contribution is 7.86. The third-order valence-corrected chi connectivity index (χ3v) is 7.05. The summed E-state index contributed by atoms with van der Waals surface area (Å²) >= 11 is 0. The predicted octanol–water partition coefficient (Wildman–Crippen LogP) is 2.76. The summed E-state index contributed by atoms with van der Waals surface area (Å²) in [7, 11) is -0.496. The zero-order chi connectivity index (χ0) is 22.9. The van der Waals surface area contributed by atoms with Gasteiger partial charge in [0.05, 0.1) is 31.0 Å². The predicted molar refractivity (Wildman–Crippen MR) is 121 cm³/mol. The first-order valence-electron chi connectivity index (χ1n) is 10.6. The maximum atomic E-state index is 12.2. The Morgan fingerprint density at radius 1 is 1.31 bits per heavy atom. The molecule has 6 atom stereocenters. The number of ether oxygens (including phenoxy) is 3. The van der Waals surface area contributed by atoms with Crippen molar-refractivity contribution in [2.75, 3.05) is 40.4 Å². The van der Waals surface area contributed by atoms with E-state index in [2.05, 4.69) is 16.5 Å². The maximum Gasteiger partial charge on any atom is 0.264 e. The molecule has 8 nitrogen and oxygen atoms in total. The second-order valence-corrected chi connectivity index (χ2v) is 9.98. The van der Waals surface area contributed by atoms with E-state index in [0.29, 0.717) is 5.75 Å². The van der Waals surface area contributed by atoms with Crippen molar-refractivity contribution in [1.29, 1.82) is 0 Å². The molecule has 3 fully saturated rings. The van der Waals surface area contributed by atoms with Gasteiger partial charge in [0, 0.05) is 25.2 Å². The Morgan fingerprint density at radius 3 is 2.81 bits per heavy atom. The van der Waals surface area contributed by atoms with Crippen molar-refractivity contribution in [2.24, 2.45) is 11.8 Å². The van der Waals surface area contributed by atoms with E-state index in [-0.39, 0.29) is 24.7 Å². The first-order chi connectivity index (χ1) is 15.4. The summed E-state index contributed by atoms with van der Waals surface area (Å²) in [6, 6.07) is 7.29. The van der Waals surface area contributed by atoms with E-state index in [0.717, 1.165) is 42.2 Å². The van der Waals surface area contributed by atoms with Gasteiger partial charge in [-0.2, -0.15) is 8.42 Å². The highest BCUT2D eigenvalue weighted by Crippen LogP contribution is 2.45. The van der Waals surface area contributed by atoms with Gasteiger partial charge in [0.25, 0.3) is 10.1 Å². The second-order valence-electron chi connectivity index (χ2n) is 8.38. The van der Waals surface area contributed by atoms with E-state index >= 15 is 0 Å². The molecule has 9 heteroatoms. The van der Waals surface area contributed by atoms with Crippen molar-refractivity contribution in [1.82, 2.24) is 9.88 Å². The number of hydrogen-bond donors (Lipinski definition) is 0. The molecule has 0 aliphatic carbocycles. The lowest BCUT2D eigenvalue weighted by molar-refractivity contribution is -0.162. The van der Waals surface area contributed by atoms with Crippen molar-refractivity contribution < 1.29 is 26.8 Å². The molecule has 174 valence electrons. The summed E-state index contributed by atoms with van der Waals surface area (Å²) in [5.41, 5.74) is 1.69. The maximum absolute atomic E-state index is 12.2. The number of nitrogens with zero attached hydrogens (tertiary/aromatic N) is 2. The first-order valence-corrected chi connectivity index (χ1v) is 12.5. The van der Waals surface area contributed by atoms with Gasteiger partial charge in [-0.15, -0.1) is 6.58 Å². The fourth-order valence-electron chi connectivity index (χ4n) is 5.14. The fourth-order valence-corrected chi connectivity index (χ4v) is 5.80. The van der Waals surface area contributed by atoms with Gasteiger partial charge in [-0.05, 0) is 54.6 Å². The molecule has 0 spiro atoms. The Hall–Kier alpha value is -2.04. The van der Waals surface area contributed by atoms with E-state index in [1.807, 2.05) is 30.3 Å². The minimum atomic E-state index is -3.68. The molecule has 0 N–H and O–H groups in total. The number of piperidine rings is 3. The molecule has 4 heterocycles. The molecule has 0 saturated carbocycles. The standard InChI is InChI=1S/C23H30N2O6S/c1-5-15-13-25-11-9-17(15)23(31-32(4,26)27)21(25)22(30-14-28-2)18-8-10-24-20-7-6-16(29-3)12-19(18)20/h5-8,10,12,15,17,21-23H,1,9,11,13-14H2,2-4H3/t15-,17+,21+,22+,23+/m0/s1. The number of fused-ring (bicyclic) bond motifs is 4. The summed E-state index contributed by atoms with van der Waals surface area (Å²) in [6.45, 7) is 5.64. The number of aromatic nitrogens is 1. The van der Waals surface area contributed by atoms with Crippen molar-refractivity contribution in [3.63, 3.8) is 0 Å². The molecule has 1 unspecified atom stereocenters. The Balaban J connectivity index is 1.83. The molecule has 2 aromatic rings. The molecule has 5 rings (SSSR count). The molecule has 1 aromatic heterocycles. The minimum Gasteiger partial charge on any atom is -0.497 e. The number of pyridine rings is 1. The van der Waals surface area contributed by atoms with Crippen LogP contribution in [0.4, 0.5) is 0 Å². The smallest absolute Gasteiger partial charge is 0.264 e. The molecule has 0 amide bonds. The van der Waals surface area contributed by atoms with E-state index in [1.165, 1.54) is 0 Å². The van der Waals surface area contributed by atoms with E-state index < -0.39 is 22.3 Å². The van der Waals surface area contributed by atoms with Crippen molar-refractivity contribution in [2.45, 2.75) is 24.7 Å². The summed E-state index contributed by atoms with van der Waals surface area (Å²) in [4.78, 5) is 6.74. The molecule has 3 aliphatic rings. The van der Waals surface area contributed by atoms with Crippen LogP contribution in [-0.2, 0) is 23.8 Å². The molecule has 2 bridgehead atoms. The average molecular weight is 463 g/mol. The lowest BCUT2D eigenvalue weighted by Crippen LogP contribution is -2.64. The molecular weight excluding hydrogens is 432 g/mol. The summed E-state index contributed by atoms with van der Waals surface area (Å²) < 4.78 is 47.1. The van der Waals surface area contributed by atoms with Gasteiger partial charge in [0.2, 0.25) is 0 Å². The Kier molecular flexibility index (Phi) is 6.83. The average Bonchev–Trinajstić information content (AvgIpc) is 2.79. The molecule has 32 heavy (non-hydrogen) atoms. The van der Waals surface area contributed by atoms with Crippen LogP contribution in [0.15, 0.2) is 43.1 Å². The zero-order valence-corrected chi connectivity index (χ0v) is 19.5. The van der Waals surface area contributed by atoms with Crippen molar-refractivity contribution in [3.8, 4) is 5.75 Å². The summed E-state index contributed by atoms with van der Waals surface area (Å²) in [6.07, 6.45) is 4.53. The Bertz CT molecular complexity index is 1080. The van der Waals surface area contributed by atoms with E-state index in [1.54, 1.807) is 20.4 Å². The number of benzene rings is 1. The number of methoxy groups -OCH3 is 2. The van der Waals surface area contributed by atoms with E-state index in [4.69, 9.17) is 18.4 Å². The van der Waals surface area contributed by atoms with Crippen molar-refractivity contribution in [3.05, 3.63) is 48.7 Å². The van der Waals surface area contributed by atoms with Gasteiger partial charge in [0.15, 0.2) is 0 Å². The lowest BCUT2D eigenvalue weighted by atomic mass is 9.71. The second kappa shape index (κ2) is 9.44. The van der Waals surface area contributed by atoms with Gasteiger partial charge in [-0.3, -0.25) is 14.1 Å². The highest BCUT2D eigenvalue weighted by Gasteiger charge is 2.52. The molecule has 3 saturated heterocycles. The Morgan fingerprint density at radius 2 is 2.12 bits per heavy atom. The van der Waals surface area contributed by atoms with Gasteiger partial charge in [-0.1, -0.05) is 6.08 Å². The normalized spacial score (nSPS) is 28.5. The van der Waals surface area contributed by atoms with Gasteiger partial charge in [-0.25, -0.2) is 0 Å². The van der Waals surface area contributed by atoms with Crippen LogP contribution >= 0.6 is 0 Å². The zero-order valence-electron chi connectivity index (χ0n) is 18.6. The number of hydrogen-bond acceptors (Lipinski definition) is 8. The third-order valence-electron chi connectivity index (χ3n) is 6.48. The van der Waals surface area contributed by atoms with Gasteiger partial charge < -0.3 is 14.2 Å². The quantitative estimate of drug-likeness (QED) is 0.319. The SMILES string of the molecule is C=C[C@H]1CN2CC[C@H]1[C@@H](OS(C)(=O)=O)[C@H]2[C@H](OCOC)c1ccnc2ccc(OC)cc12. The minimum absolute atomic E-state index is 0.0357. The monoisotopic (exact) mass is 462 g/mol. The van der Waals surface area contributed by atoms with Crippen LogP contribution in [0.3, 0.4) is 0 Å². The first kappa shape index (κ1) is 23.1. The molecule has 0 radical (unpaired) electrons. The van der Waals surface area contributed by atoms with Crippen LogP contribution in [0.1, 0.15) is 18.1 Å².